The van der Waals surface area contributed by atoms with Gasteiger partial charge in [-0.2, -0.15) is 9.90 Å². The van der Waals surface area contributed by atoms with E-state index in [9.17, 15) is 4.79 Å². The minimum atomic E-state index is -0.383. The van der Waals surface area contributed by atoms with Gasteiger partial charge in [0.2, 0.25) is 5.82 Å². The van der Waals surface area contributed by atoms with Crippen LogP contribution < -0.4 is 5.43 Å². The van der Waals surface area contributed by atoms with Gasteiger partial charge in [-0.3, -0.25) is 4.79 Å². The Bertz CT molecular complexity index is 955. The number of rotatable bonds is 5. The normalized spacial score (nSPS) is 11.4. The first-order valence-corrected chi connectivity index (χ1v) is 8.40. The number of carbonyl (C=O) groups excluding carboxylic acids is 1. The van der Waals surface area contributed by atoms with Gasteiger partial charge < -0.3 is 0 Å². The lowest BCUT2D eigenvalue weighted by molar-refractivity contribution is -0.122. The van der Waals surface area contributed by atoms with Gasteiger partial charge in [-0.15, -0.1) is 10.2 Å². The first kappa shape index (κ1) is 18.0. The molecule has 0 saturated carbocycles. The molecule has 9 heteroatoms. The molecule has 0 aliphatic heterocycles. The quantitative estimate of drug-likeness (QED) is 0.537. The molecule has 1 amide bonds. The van der Waals surface area contributed by atoms with Crippen molar-refractivity contribution in [1.82, 2.24) is 25.6 Å². The zero-order valence-electron chi connectivity index (χ0n) is 13.7. The molecule has 1 heterocycles. The largest absolute Gasteiger partial charge is 0.271 e. The summed E-state index contributed by atoms with van der Waals surface area (Å²) in [4.78, 5) is 13.2. The second-order valence-electron chi connectivity index (χ2n) is 5.37. The second kappa shape index (κ2) is 8.07. The van der Waals surface area contributed by atoms with Crippen LogP contribution in [-0.2, 0) is 11.3 Å². The number of amides is 1. The fourth-order valence-corrected chi connectivity index (χ4v) is 2.71. The van der Waals surface area contributed by atoms with Gasteiger partial charge in [-0.05, 0) is 24.3 Å². The molecule has 7 nitrogen and oxygen atoms in total. The second-order valence-corrected chi connectivity index (χ2v) is 6.21. The van der Waals surface area contributed by atoms with Crippen molar-refractivity contribution in [2.75, 3.05) is 0 Å². The van der Waals surface area contributed by atoms with Crippen LogP contribution in [0, 0.1) is 0 Å². The SMILES string of the molecule is C/C(=N\NC(=O)Cn1nnc(-c2ccccc2)n1)c1ccc(Cl)cc1Cl. The van der Waals surface area contributed by atoms with Gasteiger partial charge in [0, 0.05) is 16.1 Å². The van der Waals surface area contributed by atoms with Crippen LogP contribution in [-0.4, -0.2) is 31.8 Å². The summed E-state index contributed by atoms with van der Waals surface area (Å²) in [6, 6.07) is 14.4. The number of aromatic nitrogens is 4. The molecule has 3 aromatic rings. The van der Waals surface area contributed by atoms with E-state index in [-0.39, 0.29) is 12.5 Å². The van der Waals surface area contributed by atoms with E-state index in [1.54, 1.807) is 25.1 Å². The third-order valence-electron chi connectivity index (χ3n) is 3.44. The van der Waals surface area contributed by atoms with Gasteiger partial charge in [-0.1, -0.05) is 59.6 Å². The molecule has 0 spiro atoms. The van der Waals surface area contributed by atoms with Crippen LogP contribution in [0.2, 0.25) is 10.0 Å². The highest BCUT2D eigenvalue weighted by Crippen LogP contribution is 2.21. The Morgan fingerprint density at radius 2 is 1.96 bits per heavy atom. The zero-order valence-corrected chi connectivity index (χ0v) is 15.2. The maximum absolute atomic E-state index is 12.0. The summed E-state index contributed by atoms with van der Waals surface area (Å²) in [5.74, 6) is 0.0671. The molecule has 1 N–H and O–H groups in total. The topological polar surface area (TPSA) is 85.1 Å². The number of carbonyl (C=O) groups is 1. The Hall–Kier alpha value is -2.77. The third-order valence-corrected chi connectivity index (χ3v) is 3.99. The maximum atomic E-state index is 12.0. The zero-order chi connectivity index (χ0) is 18.5. The fraction of sp³-hybridized carbons (Fsp3) is 0.118. The average Bonchev–Trinajstić information content (AvgIpc) is 3.09. The molecule has 26 heavy (non-hydrogen) atoms. The van der Waals surface area contributed by atoms with E-state index in [4.69, 9.17) is 23.2 Å². The van der Waals surface area contributed by atoms with E-state index >= 15 is 0 Å². The van der Waals surface area contributed by atoms with Crippen molar-refractivity contribution < 1.29 is 4.79 Å². The number of hydrogen-bond acceptors (Lipinski definition) is 5. The lowest BCUT2D eigenvalue weighted by Crippen LogP contribution is -2.25. The van der Waals surface area contributed by atoms with Gasteiger partial charge >= 0.3 is 0 Å². The van der Waals surface area contributed by atoms with E-state index in [0.29, 0.717) is 27.1 Å². The van der Waals surface area contributed by atoms with Crippen LogP contribution in [0.4, 0.5) is 0 Å². The molecule has 0 bridgehead atoms. The van der Waals surface area contributed by atoms with Crippen molar-refractivity contribution in [3.63, 3.8) is 0 Å². The number of halogens is 2. The van der Waals surface area contributed by atoms with Gasteiger partial charge in [0.05, 0.1) is 10.7 Å². The molecule has 2 aromatic carbocycles. The minimum absolute atomic E-state index is 0.106. The summed E-state index contributed by atoms with van der Waals surface area (Å²) < 4.78 is 0. The van der Waals surface area contributed by atoms with E-state index in [1.807, 2.05) is 30.3 Å². The third kappa shape index (κ3) is 4.44. The number of hydrogen-bond donors (Lipinski definition) is 1. The number of benzene rings is 2. The first-order valence-electron chi connectivity index (χ1n) is 7.65. The molecule has 0 unspecified atom stereocenters. The monoisotopic (exact) mass is 388 g/mol. The van der Waals surface area contributed by atoms with Crippen molar-refractivity contribution in [3.8, 4) is 11.4 Å². The fourth-order valence-electron chi connectivity index (χ4n) is 2.17. The molecule has 0 aliphatic carbocycles. The molecule has 0 aliphatic rings. The van der Waals surface area contributed by atoms with E-state index in [1.165, 1.54) is 4.80 Å². The number of tetrazole rings is 1. The minimum Gasteiger partial charge on any atom is -0.271 e. The van der Waals surface area contributed by atoms with Crippen LogP contribution in [0.3, 0.4) is 0 Å². The molecule has 0 fully saturated rings. The number of nitrogens with zero attached hydrogens (tertiary/aromatic N) is 5. The number of nitrogens with one attached hydrogen (secondary N) is 1. The smallest absolute Gasteiger partial charge is 0.263 e. The standard InChI is InChI=1S/C17H14Cl2N6O/c1-11(14-8-7-13(18)9-15(14)19)20-21-16(26)10-25-23-17(22-24-25)12-5-3-2-4-6-12/h2-9H,10H2,1H3,(H,21,26)/b20-11+. The molecule has 0 saturated heterocycles. The van der Waals surface area contributed by atoms with Gasteiger partial charge in [0.1, 0.15) is 6.54 Å². The summed E-state index contributed by atoms with van der Waals surface area (Å²) in [7, 11) is 0. The van der Waals surface area contributed by atoms with Gasteiger partial charge in [0.25, 0.3) is 5.91 Å². The highest BCUT2D eigenvalue weighted by Gasteiger charge is 2.09. The molecule has 132 valence electrons. The van der Waals surface area contributed by atoms with Crippen molar-refractivity contribution in [1.29, 1.82) is 0 Å². The predicted octanol–water partition coefficient (Wildman–Crippen LogP) is 3.19. The van der Waals surface area contributed by atoms with Crippen molar-refractivity contribution in [3.05, 3.63) is 64.1 Å². The Kier molecular flexibility index (Phi) is 5.60. The summed E-state index contributed by atoms with van der Waals surface area (Å²) in [5.41, 5.74) is 4.51. The maximum Gasteiger partial charge on any atom is 0.263 e. The molecule has 3 rings (SSSR count). The Labute approximate surface area is 159 Å². The van der Waals surface area contributed by atoms with Crippen molar-refractivity contribution >= 4 is 34.8 Å². The summed E-state index contributed by atoms with van der Waals surface area (Å²) in [5, 5.41) is 17.0. The van der Waals surface area contributed by atoms with Crippen molar-refractivity contribution in [2.24, 2.45) is 5.10 Å². The highest BCUT2D eigenvalue weighted by molar-refractivity contribution is 6.37. The highest BCUT2D eigenvalue weighted by atomic mass is 35.5. The van der Waals surface area contributed by atoms with Gasteiger partial charge in [0.15, 0.2) is 0 Å². The average molecular weight is 389 g/mol. The van der Waals surface area contributed by atoms with Crippen LogP contribution in [0.1, 0.15) is 12.5 Å². The predicted molar refractivity (Wildman–Crippen MR) is 100 cm³/mol. The Morgan fingerprint density at radius 3 is 2.69 bits per heavy atom. The van der Waals surface area contributed by atoms with Crippen LogP contribution in [0.5, 0.6) is 0 Å². The van der Waals surface area contributed by atoms with Crippen LogP contribution in [0.15, 0.2) is 53.6 Å². The van der Waals surface area contributed by atoms with E-state index in [0.717, 1.165) is 5.56 Å². The molecular weight excluding hydrogens is 375 g/mol. The van der Waals surface area contributed by atoms with Crippen molar-refractivity contribution in [2.45, 2.75) is 13.5 Å². The Balaban J connectivity index is 1.63. The number of hydrazone groups is 1. The molecule has 1 aromatic heterocycles. The summed E-state index contributed by atoms with van der Waals surface area (Å²) >= 11 is 12.0. The lowest BCUT2D eigenvalue weighted by atomic mass is 10.1. The molecular formula is C17H14Cl2N6O. The Morgan fingerprint density at radius 1 is 1.19 bits per heavy atom. The molecule has 0 atom stereocenters. The van der Waals surface area contributed by atoms with Crippen LogP contribution in [0.25, 0.3) is 11.4 Å². The first-order chi connectivity index (χ1) is 12.5. The van der Waals surface area contributed by atoms with Gasteiger partial charge in [-0.25, -0.2) is 5.43 Å². The molecule has 0 radical (unpaired) electrons. The van der Waals surface area contributed by atoms with E-state index in [2.05, 4.69) is 25.9 Å². The van der Waals surface area contributed by atoms with E-state index < -0.39 is 0 Å². The summed E-state index contributed by atoms with van der Waals surface area (Å²) in [6.45, 7) is 1.63. The van der Waals surface area contributed by atoms with Crippen LogP contribution >= 0.6 is 23.2 Å². The summed E-state index contributed by atoms with van der Waals surface area (Å²) in [6.07, 6.45) is 0. The lowest BCUT2D eigenvalue weighted by Gasteiger charge is -2.05.